The SMILES string of the molecule is CC(C)C(=O)C(C)(C)c1ccc(N)cc1. The molecule has 0 unspecified atom stereocenters. The number of nitrogen functional groups attached to an aromatic ring is 1. The van der Waals surface area contributed by atoms with E-state index < -0.39 is 5.41 Å². The first kappa shape index (κ1) is 11.8. The van der Waals surface area contributed by atoms with Crippen LogP contribution in [0.5, 0.6) is 0 Å². The fourth-order valence-corrected chi connectivity index (χ4v) is 1.76. The molecule has 0 aliphatic carbocycles. The van der Waals surface area contributed by atoms with Crippen LogP contribution in [-0.2, 0) is 10.2 Å². The van der Waals surface area contributed by atoms with Gasteiger partial charge in [-0.1, -0.05) is 26.0 Å². The van der Waals surface area contributed by atoms with Crippen molar-refractivity contribution in [3.8, 4) is 0 Å². The van der Waals surface area contributed by atoms with E-state index in [9.17, 15) is 4.79 Å². The van der Waals surface area contributed by atoms with Crippen molar-refractivity contribution in [2.75, 3.05) is 5.73 Å². The summed E-state index contributed by atoms with van der Waals surface area (Å²) in [6.07, 6.45) is 0. The van der Waals surface area contributed by atoms with E-state index >= 15 is 0 Å². The monoisotopic (exact) mass is 205 g/mol. The van der Waals surface area contributed by atoms with Gasteiger partial charge in [0.15, 0.2) is 0 Å². The minimum atomic E-state index is -0.429. The molecule has 2 heteroatoms. The molecule has 0 amide bonds. The molecule has 1 aromatic rings. The molecule has 0 fully saturated rings. The third-order valence-corrected chi connectivity index (χ3v) is 2.77. The highest BCUT2D eigenvalue weighted by Gasteiger charge is 2.30. The van der Waals surface area contributed by atoms with Gasteiger partial charge in [0.25, 0.3) is 0 Å². The van der Waals surface area contributed by atoms with Crippen LogP contribution in [-0.4, -0.2) is 5.78 Å². The molecule has 82 valence electrons. The van der Waals surface area contributed by atoms with Crippen LogP contribution in [0.1, 0.15) is 33.3 Å². The Balaban J connectivity index is 3.05. The molecule has 0 aromatic heterocycles. The molecular weight excluding hydrogens is 186 g/mol. The summed E-state index contributed by atoms with van der Waals surface area (Å²) in [7, 11) is 0. The number of carbonyl (C=O) groups excluding carboxylic acids is 1. The van der Waals surface area contributed by atoms with Gasteiger partial charge in [-0.25, -0.2) is 0 Å². The Hall–Kier alpha value is -1.31. The van der Waals surface area contributed by atoms with E-state index in [0.717, 1.165) is 11.3 Å². The molecule has 0 radical (unpaired) electrons. The van der Waals surface area contributed by atoms with Crippen LogP contribution in [0.15, 0.2) is 24.3 Å². The quantitative estimate of drug-likeness (QED) is 0.771. The summed E-state index contributed by atoms with van der Waals surface area (Å²) >= 11 is 0. The highest BCUT2D eigenvalue weighted by Crippen LogP contribution is 2.27. The third-order valence-electron chi connectivity index (χ3n) is 2.77. The van der Waals surface area contributed by atoms with Gasteiger partial charge in [-0.15, -0.1) is 0 Å². The lowest BCUT2D eigenvalue weighted by atomic mass is 9.76. The van der Waals surface area contributed by atoms with Crippen molar-refractivity contribution < 1.29 is 4.79 Å². The summed E-state index contributed by atoms with van der Waals surface area (Å²) in [4.78, 5) is 12.0. The van der Waals surface area contributed by atoms with Gasteiger partial charge in [-0.2, -0.15) is 0 Å². The largest absolute Gasteiger partial charge is 0.399 e. The summed E-state index contributed by atoms with van der Waals surface area (Å²) in [5.74, 6) is 0.310. The lowest BCUT2D eigenvalue weighted by molar-refractivity contribution is -0.126. The van der Waals surface area contributed by atoms with Crippen LogP contribution in [0.4, 0.5) is 5.69 Å². The zero-order chi connectivity index (χ0) is 11.6. The molecule has 0 heterocycles. The Bertz CT molecular complexity index is 349. The van der Waals surface area contributed by atoms with Crippen molar-refractivity contribution in [3.05, 3.63) is 29.8 Å². The van der Waals surface area contributed by atoms with Crippen molar-refractivity contribution in [1.82, 2.24) is 0 Å². The maximum Gasteiger partial charge on any atom is 0.145 e. The van der Waals surface area contributed by atoms with Gasteiger partial charge in [-0.05, 0) is 31.5 Å². The number of Topliss-reactive ketones (excluding diaryl/α,β-unsaturated/α-hetero) is 1. The van der Waals surface area contributed by atoms with E-state index in [4.69, 9.17) is 5.73 Å². The Kier molecular flexibility index (Phi) is 3.18. The molecule has 0 atom stereocenters. The van der Waals surface area contributed by atoms with Crippen LogP contribution in [0.25, 0.3) is 0 Å². The summed E-state index contributed by atoms with van der Waals surface area (Å²) < 4.78 is 0. The molecule has 0 saturated heterocycles. The predicted molar refractivity (Wildman–Crippen MR) is 63.7 cm³/mol. The smallest absolute Gasteiger partial charge is 0.145 e. The van der Waals surface area contributed by atoms with E-state index in [1.165, 1.54) is 0 Å². The highest BCUT2D eigenvalue weighted by molar-refractivity contribution is 5.90. The Morgan fingerprint density at radius 1 is 1.20 bits per heavy atom. The number of rotatable bonds is 3. The standard InChI is InChI=1S/C13H19NO/c1-9(2)12(15)13(3,4)10-5-7-11(14)8-6-10/h5-9H,14H2,1-4H3. The molecule has 2 N–H and O–H groups in total. The van der Waals surface area contributed by atoms with Crippen LogP contribution in [0.2, 0.25) is 0 Å². The van der Waals surface area contributed by atoms with E-state index in [0.29, 0.717) is 0 Å². The number of carbonyl (C=O) groups is 1. The van der Waals surface area contributed by atoms with Crippen LogP contribution in [0, 0.1) is 5.92 Å². The van der Waals surface area contributed by atoms with Crippen LogP contribution >= 0.6 is 0 Å². The maximum atomic E-state index is 12.0. The first-order valence-electron chi connectivity index (χ1n) is 5.26. The van der Waals surface area contributed by atoms with E-state index in [-0.39, 0.29) is 11.7 Å². The van der Waals surface area contributed by atoms with Crippen molar-refractivity contribution in [3.63, 3.8) is 0 Å². The maximum absolute atomic E-state index is 12.0. The average Bonchev–Trinajstić information content (AvgIpc) is 2.17. The molecule has 0 aliphatic heterocycles. The molecule has 15 heavy (non-hydrogen) atoms. The van der Waals surface area contributed by atoms with E-state index in [2.05, 4.69) is 0 Å². The van der Waals surface area contributed by atoms with Gasteiger partial charge in [0.1, 0.15) is 5.78 Å². The lowest BCUT2D eigenvalue weighted by Gasteiger charge is -2.25. The number of benzene rings is 1. The molecule has 0 bridgehead atoms. The minimum absolute atomic E-state index is 0.0533. The number of ketones is 1. The van der Waals surface area contributed by atoms with E-state index in [1.54, 1.807) is 0 Å². The molecule has 1 aromatic carbocycles. The molecular formula is C13H19NO. The average molecular weight is 205 g/mol. The Morgan fingerprint density at radius 3 is 2.07 bits per heavy atom. The number of hydrogen-bond acceptors (Lipinski definition) is 2. The zero-order valence-electron chi connectivity index (χ0n) is 9.87. The predicted octanol–water partition coefficient (Wildman–Crippen LogP) is 2.77. The molecule has 0 spiro atoms. The molecule has 1 rings (SSSR count). The second kappa shape index (κ2) is 4.05. The Labute approximate surface area is 91.5 Å². The van der Waals surface area contributed by atoms with Crippen LogP contribution < -0.4 is 5.73 Å². The molecule has 2 nitrogen and oxygen atoms in total. The first-order chi connectivity index (χ1) is 6.85. The topological polar surface area (TPSA) is 43.1 Å². The van der Waals surface area contributed by atoms with Gasteiger partial charge >= 0.3 is 0 Å². The van der Waals surface area contributed by atoms with Crippen LogP contribution in [0.3, 0.4) is 0 Å². The van der Waals surface area contributed by atoms with Gasteiger partial charge < -0.3 is 5.73 Å². The first-order valence-corrected chi connectivity index (χ1v) is 5.26. The van der Waals surface area contributed by atoms with E-state index in [1.807, 2.05) is 52.0 Å². The number of nitrogens with two attached hydrogens (primary N) is 1. The van der Waals surface area contributed by atoms with Crippen molar-refractivity contribution in [2.45, 2.75) is 33.1 Å². The fourth-order valence-electron chi connectivity index (χ4n) is 1.76. The highest BCUT2D eigenvalue weighted by atomic mass is 16.1. The minimum Gasteiger partial charge on any atom is -0.399 e. The fraction of sp³-hybridized carbons (Fsp3) is 0.462. The third kappa shape index (κ3) is 2.38. The normalized spacial score (nSPS) is 11.8. The van der Waals surface area contributed by atoms with Crippen molar-refractivity contribution in [2.24, 2.45) is 5.92 Å². The second-order valence-electron chi connectivity index (χ2n) is 4.77. The lowest BCUT2D eigenvalue weighted by Crippen LogP contribution is -2.32. The van der Waals surface area contributed by atoms with Gasteiger partial charge in [0.05, 0.1) is 0 Å². The molecule has 0 aliphatic rings. The Morgan fingerprint density at radius 2 is 1.67 bits per heavy atom. The second-order valence-corrected chi connectivity index (χ2v) is 4.77. The number of anilines is 1. The van der Waals surface area contributed by atoms with Gasteiger partial charge in [0, 0.05) is 17.0 Å². The zero-order valence-corrected chi connectivity index (χ0v) is 9.87. The summed E-state index contributed by atoms with van der Waals surface area (Å²) in [5, 5.41) is 0. The van der Waals surface area contributed by atoms with Crippen molar-refractivity contribution in [1.29, 1.82) is 0 Å². The summed E-state index contributed by atoms with van der Waals surface area (Å²) in [6.45, 7) is 7.78. The summed E-state index contributed by atoms with van der Waals surface area (Å²) in [5.41, 5.74) is 6.94. The molecule has 0 saturated carbocycles. The van der Waals surface area contributed by atoms with Gasteiger partial charge in [-0.3, -0.25) is 4.79 Å². The van der Waals surface area contributed by atoms with Gasteiger partial charge in [0.2, 0.25) is 0 Å². The van der Waals surface area contributed by atoms with Crippen molar-refractivity contribution >= 4 is 11.5 Å². The summed E-state index contributed by atoms with van der Waals surface area (Å²) in [6, 6.07) is 7.53. The number of hydrogen-bond donors (Lipinski definition) is 1.